The Labute approximate surface area is 201 Å². The van der Waals surface area contributed by atoms with Crippen molar-refractivity contribution < 1.29 is 14.3 Å². The second-order valence-corrected chi connectivity index (χ2v) is 9.35. The van der Waals surface area contributed by atoms with Gasteiger partial charge < -0.3 is 14.8 Å². The van der Waals surface area contributed by atoms with E-state index >= 15 is 0 Å². The summed E-state index contributed by atoms with van der Waals surface area (Å²) in [6.07, 6.45) is 4.92. The molecule has 0 amide bonds. The predicted molar refractivity (Wildman–Crippen MR) is 133 cm³/mol. The highest BCUT2D eigenvalue weighted by Gasteiger charge is 2.40. The van der Waals surface area contributed by atoms with Crippen LogP contribution in [0.4, 0.5) is 0 Å². The van der Waals surface area contributed by atoms with Gasteiger partial charge in [-0.05, 0) is 73.2 Å². The highest BCUT2D eigenvalue weighted by atomic mass is 16.5. The zero-order valence-electron chi connectivity index (χ0n) is 19.7. The maximum atomic E-state index is 11.7. The van der Waals surface area contributed by atoms with Crippen molar-refractivity contribution in [3.63, 3.8) is 0 Å². The zero-order valence-corrected chi connectivity index (χ0v) is 19.7. The van der Waals surface area contributed by atoms with E-state index in [1.165, 1.54) is 43.9 Å². The minimum atomic E-state index is -0.281. The first-order valence-electron chi connectivity index (χ1n) is 12.2. The molecule has 5 rings (SSSR count). The number of nitrogens with one attached hydrogen (secondary N) is 1. The number of fused-ring (bicyclic) bond motifs is 2. The molecule has 0 radical (unpaired) electrons. The van der Waals surface area contributed by atoms with Gasteiger partial charge in [-0.1, -0.05) is 42.5 Å². The molecule has 3 aromatic rings. The number of carbonyl (C=O) groups excluding carboxylic acids is 1. The molecule has 2 saturated heterocycles. The Morgan fingerprint density at radius 1 is 0.853 bits per heavy atom. The second kappa shape index (κ2) is 10.4. The summed E-state index contributed by atoms with van der Waals surface area (Å²) in [4.78, 5) is 14.3. The van der Waals surface area contributed by atoms with Gasteiger partial charge in [0.05, 0.1) is 12.7 Å². The van der Waals surface area contributed by atoms with Gasteiger partial charge in [0, 0.05) is 31.2 Å². The Hall–Kier alpha value is -3.15. The van der Waals surface area contributed by atoms with Gasteiger partial charge in [0.2, 0.25) is 0 Å². The van der Waals surface area contributed by atoms with E-state index in [-0.39, 0.29) is 5.97 Å². The molecule has 0 spiro atoms. The normalized spacial score (nSPS) is 21.9. The van der Waals surface area contributed by atoms with Gasteiger partial charge in [0.25, 0.3) is 0 Å². The number of nitrogens with zero attached hydrogens (tertiary/aromatic N) is 1. The lowest BCUT2D eigenvalue weighted by Crippen LogP contribution is -2.48. The van der Waals surface area contributed by atoms with Crippen molar-refractivity contribution in [2.75, 3.05) is 7.11 Å². The predicted octanol–water partition coefficient (Wildman–Crippen LogP) is 5.55. The molecular weight excluding hydrogens is 424 g/mol. The zero-order chi connectivity index (χ0) is 23.3. The average Bonchev–Trinajstić information content (AvgIpc) is 3.10. The van der Waals surface area contributed by atoms with Crippen LogP contribution in [0.1, 0.15) is 47.2 Å². The Morgan fingerprint density at radius 2 is 1.47 bits per heavy atom. The molecule has 1 N–H and O–H groups in total. The average molecular weight is 457 g/mol. The molecule has 34 heavy (non-hydrogen) atoms. The van der Waals surface area contributed by atoms with Gasteiger partial charge in [-0.15, -0.1) is 0 Å². The van der Waals surface area contributed by atoms with E-state index in [0.29, 0.717) is 23.7 Å². The standard InChI is InChI=1S/C29H32N2O3/c1-33-29(32)23-11-7-22(8-12-23)20-31-25-13-14-26(31)18-24(17-25)30-19-21-9-15-28(16-10-21)34-27-5-3-2-4-6-27/h2-12,15-16,24-26,30H,13-14,17-20H2,1H3/t24-,25-,26+. The molecule has 2 bridgehead atoms. The first-order chi connectivity index (χ1) is 16.7. The van der Waals surface area contributed by atoms with Crippen LogP contribution in [0.25, 0.3) is 0 Å². The fourth-order valence-electron chi connectivity index (χ4n) is 5.34. The minimum absolute atomic E-state index is 0.281. The number of carbonyl (C=O) groups is 1. The van der Waals surface area contributed by atoms with Crippen LogP contribution in [0.2, 0.25) is 0 Å². The van der Waals surface area contributed by atoms with Crippen LogP contribution in [0.15, 0.2) is 78.9 Å². The summed E-state index contributed by atoms with van der Waals surface area (Å²) in [5.41, 5.74) is 3.14. The Kier molecular flexibility index (Phi) is 6.93. The van der Waals surface area contributed by atoms with E-state index in [9.17, 15) is 4.79 Å². The molecule has 3 aromatic carbocycles. The number of ether oxygens (including phenoxy) is 2. The largest absolute Gasteiger partial charge is 0.465 e. The molecule has 2 heterocycles. The maximum Gasteiger partial charge on any atom is 0.337 e. The smallest absolute Gasteiger partial charge is 0.337 e. The summed E-state index contributed by atoms with van der Waals surface area (Å²) >= 11 is 0. The van der Waals surface area contributed by atoms with Gasteiger partial charge in [-0.3, -0.25) is 4.90 Å². The summed E-state index contributed by atoms with van der Waals surface area (Å²) in [6.45, 7) is 1.83. The molecule has 0 aliphatic carbocycles. The molecule has 0 saturated carbocycles. The lowest BCUT2D eigenvalue weighted by atomic mass is 9.96. The lowest BCUT2D eigenvalue weighted by molar-refractivity contribution is 0.0600. The quantitative estimate of drug-likeness (QED) is 0.451. The topological polar surface area (TPSA) is 50.8 Å². The first-order valence-corrected chi connectivity index (χ1v) is 12.2. The van der Waals surface area contributed by atoms with E-state index in [2.05, 4.69) is 34.5 Å². The van der Waals surface area contributed by atoms with E-state index < -0.39 is 0 Å². The van der Waals surface area contributed by atoms with E-state index in [4.69, 9.17) is 9.47 Å². The molecule has 5 heteroatoms. The van der Waals surface area contributed by atoms with Gasteiger partial charge in [0.1, 0.15) is 11.5 Å². The molecular formula is C29H32N2O3. The van der Waals surface area contributed by atoms with Crippen molar-refractivity contribution in [2.24, 2.45) is 0 Å². The third-order valence-corrected chi connectivity index (χ3v) is 7.12. The monoisotopic (exact) mass is 456 g/mol. The Morgan fingerprint density at radius 3 is 2.12 bits per heavy atom. The summed E-state index contributed by atoms with van der Waals surface area (Å²) in [7, 11) is 1.42. The lowest BCUT2D eigenvalue weighted by Gasteiger charge is -2.39. The van der Waals surface area contributed by atoms with Crippen LogP contribution >= 0.6 is 0 Å². The maximum absolute atomic E-state index is 11.7. The number of methoxy groups -OCH3 is 1. The van der Waals surface area contributed by atoms with Crippen LogP contribution in [-0.4, -0.2) is 36.1 Å². The number of benzene rings is 3. The molecule has 2 fully saturated rings. The summed E-state index contributed by atoms with van der Waals surface area (Å²) in [6, 6.07) is 27.9. The highest BCUT2D eigenvalue weighted by molar-refractivity contribution is 5.89. The van der Waals surface area contributed by atoms with E-state index in [0.717, 1.165) is 24.6 Å². The van der Waals surface area contributed by atoms with Crippen LogP contribution in [0.5, 0.6) is 11.5 Å². The minimum Gasteiger partial charge on any atom is -0.465 e. The van der Waals surface area contributed by atoms with Gasteiger partial charge >= 0.3 is 5.97 Å². The fourth-order valence-corrected chi connectivity index (χ4v) is 5.34. The van der Waals surface area contributed by atoms with Crippen molar-refractivity contribution in [3.8, 4) is 11.5 Å². The second-order valence-electron chi connectivity index (χ2n) is 9.35. The number of rotatable bonds is 8. The number of para-hydroxylation sites is 1. The third-order valence-electron chi connectivity index (χ3n) is 7.12. The summed E-state index contributed by atoms with van der Waals surface area (Å²) in [5, 5.41) is 3.80. The van der Waals surface area contributed by atoms with Crippen LogP contribution in [0.3, 0.4) is 0 Å². The number of esters is 1. The number of hydrogen-bond acceptors (Lipinski definition) is 5. The van der Waals surface area contributed by atoms with Crippen molar-refractivity contribution in [3.05, 3.63) is 95.6 Å². The third kappa shape index (κ3) is 5.32. The fraction of sp³-hybridized carbons (Fsp3) is 0.345. The van der Waals surface area contributed by atoms with Crippen LogP contribution < -0.4 is 10.1 Å². The van der Waals surface area contributed by atoms with Crippen molar-refractivity contribution in [1.29, 1.82) is 0 Å². The van der Waals surface area contributed by atoms with Crippen molar-refractivity contribution >= 4 is 5.97 Å². The first kappa shape index (κ1) is 22.6. The molecule has 2 aliphatic heterocycles. The molecule has 176 valence electrons. The van der Waals surface area contributed by atoms with Crippen LogP contribution in [0, 0.1) is 0 Å². The molecule has 0 unspecified atom stereocenters. The van der Waals surface area contributed by atoms with Crippen LogP contribution in [-0.2, 0) is 17.8 Å². The SMILES string of the molecule is COC(=O)c1ccc(CN2[C@@H]3CC[C@H]2C[C@H](NCc2ccc(Oc4ccccc4)cc2)C3)cc1. The van der Waals surface area contributed by atoms with E-state index in [1.54, 1.807) is 0 Å². The number of piperidine rings is 1. The van der Waals surface area contributed by atoms with E-state index in [1.807, 2.05) is 54.6 Å². The van der Waals surface area contributed by atoms with Gasteiger partial charge in [-0.25, -0.2) is 4.79 Å². The highest BCUT2D eigenvalue weighted by Crippen LogP contribution is 2.37. The summed E-state index contributed by atoms with van der Waals surface area (Å²) in [5.74, 6) is 1.44. The Bertz CT molecular complexity index is 1070. The molecule has 2 aliphatic rings. The van der Waals surface area contributed by atoms with Crippen molar-refractivity contribution in [1.82, 2.24) is 10.2 Å². The van der Waals surface area contributed by atoms with Crippen molar-refractivity contribution in [2.45, 2.75) is 56.9 Å². The number of hydrogen-bond donors (Lipinski definition) is 1. The van der Waals surface area contributed by atoms with Gasteiger partial charge in [0.15, 0.2) is 0 Å². The summed E-state index contributed by atoms with van der Waals surface area (Å²) < 4.78 is 10.7. The Balaban J connectivity index is 1.11. The van der Waals surface area contributed by atoms with Gasteiger partial charge in [-0.2, -0.15) is 0 Å². The molecule has 5 nitrogen and oxygen atoms in total. The molecule has 0 aromatic heterocycles. The molecule has 3 atom stereocenters.